The third-order valence-corrected chi connectivity index (χ3v) is 3.40. The van der Waals surface area contributed by atoms with E-state index in [9.17, 15) is 15.2 Å². The molecule has 1 aromatic rings. The van der Waals surface area contributed by atoms with Gasteiger partial charge in [-0.2, -0.15) is 0 Å². The minimum atomic E-state index is -0.901. The van der Waals surface area contributed by atoms with Gasteiger partial charge in [-0.15, -0.1) is 0 Å². The van der Waals surface area contributed by atoms with Gasteiger partial charge in [0.25, 0.3) is 5.69 Å². The summed E-state index contributed by atoms with van der Waals surface area (Å²) in [7, 11) is 0. The summed E-state index contributed by atoms with van der Waals surface area (Å²) in [6, 6.07) is 5.99. The second-order valence-corrected chi connectivity index (χ2v) is 5.84. The average Bonchev–Trinajstić information content (AvgIpc) is 2.32. The van der Waals surface area contributed by atoms with E-state index in [-0.39, 0.29) is 11.8 Å². The Morgan fingerprint density at radius 3 is 2.29 bits per heavy atom. The summed E-state index contributed by atoms with van der Waals surface area (Å²) in [6.07, 6.45) is 1.65. The van der Waals surface area contributed by atoms with E-state index in [4.69, 9.17) is 4.74 Å². The number of non-ortho nitro benzene ring substituents is 1. The minimum Gasteiger partial charge on any atom is -0.482 e. The van der Waals surface area contributed by atoms with Gasteiger partial charge in [-0.05, 0) is 51.5 Å². The van der Waals surface area contributed by atoms with E-state index in [1.54, 1.807) is 26.0 Å². The standard InChI is InChI=1S/C16H19NO4/c1-10(2)15-13(16(3,4)18)9-14(15)21-12-7-5-11(6-8-12)17(19)20/h5-9,14,18H,1-4H3. The maximum absolute atomic E-state index is 10.6. The number of hydrogen-bond acceptors (Lipinski definition) is 4. The molecule has 0 radical (unpaired) electrons. The van der Waals surface area contributed by atoms with E-state index < -0.39 is 10.5 Å². The molecule has 1 aromatic carbocycles. The van der Waals surface area contributed by atoms with Crippen LogP contribution in [0.5, 0.6) is 5.75 Å². The number of aliphatic hydroxyl groups is 1. The van der Waals surface area contributed by atoms with Gasteiger partial charge in [0.15, 0.2) is 0 Å². The zero-order valence-corrected chi connectivity index (χ0v) is 12.6. The first kappa shape index (κ1) is 15.3. The Hall–Kier alpha value is -2.14. The molecule has 0 saturated carbocycles. The highest BCUT2D eigenvalue weighted by molar-refractivity contribution is 5.54. The molecule has 0 spiro atoms. The summed E-state index contributed by atoms with van der Waals surface area (Å²) < 4.78 is 5.82. The molecule has 0 aliphatic heterocycles. The van der Waals surface area contributed by atoms with E-state index in [0.29, 0.717) is 5.75 Å². The topological polar surface area (TPSA) is 72.6 Å². The summed E-state index contributed by atoms with van der Waals surface area (Å²) in [5.74, 6) is 0.565. The number of benzene rings is 1. The molecule has 2 rings (SSSR count). The van der Waals surface area contributed by atoms with Crippen molar-refractivity contribution in [3.8, 4) is 5.75 Å². The SMILES string of the molecule is CC(C)=C1C(C(C)(C)O)=CC1Oc1ccc([N+](=O)[O-])cc1. The van der Waals surface area contributed by atoms with Gasteiger partial charge in [0, 0.05) is 17.7 Å². The molecule has 0 saturated heterocycles. The van der Waals surface area contributed by atoms with Crippen molar-refractivity contribution in [3.63, 3.8) is 0 Å². The van der Waals surface area contributed by atoms with Crippen LogP contribution in [0, 0.1) is 10.1 Å². The van der Waals surface area contributed by atoms with Crippen molar-refractivity contribution in [1.29, 1.82) is 0 Å². The van der Waals surface area contributed by atoms with Crippen LogP contribution in [-0.4, -0.2) is 21.7 Å². The molecule has 21 heavy (non-hydrogen) atoms. The number of nitro groups is 1. The van der Waals surface area contributed by atoms with Gasteiger partial charge in [0.2, 0.25) is 0 Å². The molecule has 5 heteroatoms. The van der Waals surface area contributed by atoms with Crippen molar-refractivity contribution >= 4 is 5.69 Å². The Labute approximate surface area is 123 Å². The Balaban J connectivity index is 2.19. The molecule has 0 amide bonds. The van der Waals surface area contributed by atoms with Crippen LogP contribution >= 0.6 is 0 Å². The van der Waals surface area contributed by atoms with Crippen molar-refractivity contribution in [3.05, 3.63) is 57.2 Å². The lowest BCUT2D eigenvalue weighted by Gasteiger charge is -2.37. The summed E-state index contributed by atoms with van der Waals surface area (Å²) >= 11 is 0. The molecule has 0 heterocycles. The van der Waals surface area contributed by atoms with Gasteiger partial charge in [0.05, 0.1) is 10.5 Å². The van der Waals surface area contributed by atoms with Gasteiger partial charge in [-0.25, -0.2) is 0 Å². The highest BCUT2D eigenvalue weighted by Crippen LogP contribution is 2.39. The van der Waals surface area contributed by atoms with Gasteiger partial charge in [-0.1, -0.05) is 5.57 Å². The van der Waals surface area contributed by atoms with Crippen LogP contribution in [-0.2, 0) is 0 Å². The second kappa shape index (κ2) is 5.33. The number of ether oxygens (including phenoxy) is 1. The van der Waals surface area contributed by atoms with E-state index in [2.05, 4.69) is 0 Å². The molecule has 1 atom stereocenters. The first-order chi connectivity index (χ1) is 9.70. The van der Waals surface area contributed by atoms with E-state index in [1.165, 1.54) is 12.1 Å². The fourth-order valence-corrected chi connectivity index (χ4v) is 2.35. The molecule has 1 N–H and O–H groups in total. The molecule has 0 fully saturated rings. The third-order valence-electron chi connectivity index (χ3n) is 3.40. The van der Waals surface area contributed by atoms with Crippen LogP contribution in [0.25, 0.3) is 0 Å². The van der Waals surface area contributed by atoms with Crippen LogP contribution in [0.4, 0.5) is 5.69 Å². The molecule has 1 unspecified atom stereocenters. The van der Waals surface area contributed by atoms with Gasteiger partial charge < -0.3 is 9.84 Å². The summed E-state index contributed by atoms with van der Waals surface area (Å²) in [5.41, 5.74) is 2.07. The Kier molecular flexibility index (Phi) is 3.87. The van der Waals surface area contributed by atoms with Crippen LogP contribution in [0.3, 0.4) is 0 Å². The highest BCUT2D eigenvalue weighted by atomic mass is 16.6. The maximum Gasteiger partial charge on any atom is 0.269 e. The predicted octanol–water partition coefficient (Wildman–Crippen LogP) is 3.39. The van der Waals surface area contributed by atoms with Crippen molar-refractivity contribution < 1.29 is 14.8 Å². The molecular formula is C16H19NO4. The number of nitrogens with zero attached hydrogens (tertiary/aromatic N) is 1. The summed E-state index contributed by atoms with van der Waals surface area (Å²) in [6.45, 7) is 7.42. The molecule has 1 aliphatic rings. The normalized spacial score (nSPS) is 17.9. The van der Waals surface area contributed by atoms with Gasteiger partial charge in [-0.3, -0.25) is 10.1 Å². The Morgan fingerprint density at radius 1 is 1.29 bits per heavy atom. The van der Waals surface area contributed by atoms with Crippen LogP contribution < -0.4 is 4.74 Å². The Bertz CT molecular complexity index is 617. The smallest absolute Gasteiger partial charge is 0.269 e. The number of allylic oxidation sites excluding steroid dienone is 1. The maximum atomic E-state index is 10.6. The lowest BCUT2D eigenvalue weighted by Crippen LogP contribution is -2.38. The predicted molar refractivity (Wildman–Crippen MR) is 80.3 cm³/mol. The van der Waals surface area contributed by atoms with Crippen molar-refractivity contribution in [2.75, 3.05) is 0 Å². The largest absolute Gasteiger partial charge is 0.482 e. The van der Waals surface area contributed by atoms with Crippen LogP contribution in [0.2, 0.25) is 0 Å². The quantitative estimate of drug-likeness (QED) is 0.681. The fraction of sp³-hybridized carbons (Fsp3) is 0.375. The van der Waals surface area contributed by atoms with E-state index in [1.807, 2.05) is 19.9 Å². The molecule has 1 aliphatic carbocycles. The zero-order valence-electron chi connectivity index (χ0n) is 12.6. The summed E-state index contributed by atoms with van der Waals surface area (Å²) in [4.78, 5) is 10.2. The number of nitro benzene ring substituents is 1. The van der Waals surface area contributed by atoms with Crippen LogP contribution in [0.15, 0.2) is 47.1 Å². The second-order valence-electron chi connectivity index (χ2n) is 5.84. The lowest BCUT2D eigenvalue weighted by atomic mass is 9.77. The first-order valence-corrected chi connectivity index (χ1v) is 6.73. The van der Waals surface area contributed by atoms with Gasteiger partial charge >= 0.3 is 0 Å². The monoisotopic (exact) mass is 289 g/mol. The summed E-state index contributed by atoms with van der Waals surface area (Å²) in [5, 5.41) is 20.7. The zero-order chi connectivity index (χ0) is 15.8. The van der Waals surface area contributed by atoms with Crippen molar-refractivity contribution in [2.24, 2.45) is 0 Å². The van der Waals surface area contributed by atoms with E-state index >= 15 is 0 Å². The van der Waals surface area contributed by atoms with Crippen LogP contribution in [0.1, 0.15) is 27.7 Å². The molecule has 5 nitrogen and oxygen atoms in total. The van der Waals surface area contributed by atoms with Gasteiger partial charge in [0.1, 0.15) is 11.9 Å². The molecule has 112 valence electrons. The minimum absolute atomic E-state index is 0.0334. The Morgan fingerprint density at radius 2 is 1.86 bits per heavy atom. The molecule has 0 aromatic heterocycles. The fourth-order valence-electron chi connectivity index (χ4n) is 2.35. The van der Waals surface area contributed by atoms with Crippen molar-refractivity contribution in [1.82, 2.24) is 0 Å². The number of rotatable bonds is 4. The van der Waals surface area contributed by atoms with E-state index in [0.717, 1.165) is 16.7 Å². The lowest BCUT2D eigenvalue weighted by molar-refractivity contribution is -0.384. The highest BCUT2D eigenvalue weighted by Gasteiger charge is 2.36. The first-order valence-electron chi connectivity index (χ1n) is 6.73. The number of hydrogen-bond donors (Lipinski definition) is 1. The van der Waals surface area contributed by atoms with Crippen molar-refractivity contribution in [2.45, 2.75) is 39.4 Å². The molecule has 0 bridgehead atoms. The average molecular weight is 289 g/mol. The third kappa shape index (κ3) is 3.13. The molecular weight excluding hydrogens is 270 g/mol.